The van der Waals surface area contributed by atoms with Crippen LogP contribution in [0, 0.1) is 6.92 Å². The van der Waals surface area contributed by atoms with Crippen LogP contribution in [0.3, 0.4) is 0 Å². The third-order valence-corrected chi connectivity index (χ3v) is 7.30. The van der Waals surface area contributed by atoms with Gasteiger partial charge in [-0.15, -0.1) is 11.3 Å². The highest BCUT2D eigenvalue weighted by atomic mass is 32.1. The van der Waals surface area contributed by atoms with Crippen LogP contribution in [0.25, 0.3) is 5.70 Å². The topological polar surface area (TPSA) is 72.3 Å². The van der Waals surface area contributed by atoms with E-state index in [0.717, 1.165) is 45.6 Å². The van der Waals surface area contributed by atoms with E-state index in [9.17, 15) is 18.0 Å². The van der Waals surface area contributed by atoms with Gasteiger partial charge >= 0.3 is 6.18 Å². The van der Waals surface area contributed by atoms with Gasteiger partial charge in [0.2, 0.25) is 5.91 Å². The van der Waals surface area contributed by atoms with Crippen molar-refractivity contribution in [3.8, 4) is 0 Å². The molecule has 1 N–H and O–H groups in total. The van der Waals surface area contributed by atoms with Crippen LogP contribution in [-0.4, -0.2) is 38.7 Å². The van der Waals surface area contributed by atoms with Gasteiger partial charge in [-0.3, -0.25) is 19.8 Å². The number of thiazole rings is 1. The summed E-state index contributed by atoms with van der Waals surface area (Å²) in [5.41, 5.74) is 5.03. The largest absolute Gasteiger partial charge is 0.435 e. The molecule has 1 fully saturated rings. The third-order valence-electron chi connectivity index (χ3n) is 6.29. The van der Waals surface area contributed by atoms with Gasteiger partial charge in [-0.2, -0.15) is 18.3 Å². The predicted octanol–water partition coefficient (Wildman–Crippen LogP) is 4.69. The maximum Gasteiger partial charge on any atom is 0.435 e. The molecule has 1 amide bonds. The van der Waals surface area contributed by atoms with Gasteiger partial charge in [0, 0.05) is 30.1 Å². The first-order valence-corrected chi connectivity index (χ1v) is 12.2. The van der Waals surface area contributed by atoms with Crippen LogP contribution in [-0.2, 0) is 22.4 Å². The highest BCUT2D eigenvalue weighted by Gasteiger charge is 2.35. The summed E-state index contributed by atoms with van der Waals surface area (Å²) in [4.78, 5) is 24.9. The maximum atomic E-state index is 12.9. The van der Waals surface area contributed by atoms with Crippen LogP contribution < -0.4 is 5.48 Å². The lowest BCUT2D eigenvalue weighted by atomic mass is 9.97. The van der Waals surface area contributed by atoms with Crippen LogP contribution in [0.4, 0.5) is 13.2 Å². The molecule has 11 heteroatoms. The van der Waals surface area contributed by atoms with E-state index in [2.05, 4.69) is 10.6 Å². The second kappa shape index (κ2) is 9.46. The molecule has 4 heterocycles. The molecule has 0 bridgehead atoms. The number of piperidine rings is 1. The van der Waals surface area contributed by atoms with E-state index in [-0.39, 0.29) is 24.5 Å². The fourth-order valence-electron chi connectivity index (χ4n) is 4.30. The Labute approximate surface area is 204 Å². The van der Waals surface area contributed by atoms with Crippen molar-refractivity contribution < 1.29 is 22.8 Å². The summed E-state index contributed by atoms with van der Waals surface area (Å²) in [7, 11) is 0. The first kappa shape index (κ1) is 23.6. The summed E-state index contributed by atoms with van der Waals surface area (Å²) in [5.74, 6) is 0.00142. The Kier molecular flexibility index (Phi) is 6.37. The Hall–Kier alpha value is -3.18. The van der Waals surface area contributed by atoms with E-state index >= 15 is 0 Å². The predicted molar refractivity (Wildman–Crippen MR) is 124 cm³/mol. The van der Waals surface area contributed by atoms with Gasteiger partial charge in [-0.25, -0.2) is 4.98 Å². The van der Waals surface area contributed by atoms with Gasteiger partial charge in [0.15, 0.2) is 5.69 Å². The van der Waals surface area contributed by atoms with Crippen molar-refractivity contribution in [2.24, 2.45) is 0 Å². The fourth-order valence-corrected chi connectivity index (χ4v) is 5.29. The molecule has 5 rings (SSSR count). The Morgan fingerprint density at radius 3 is 2.66 bits per heavy atom. The van der Waals surface area contributed by atoms with Crippen molar-refractivity contribution >= 4 is 22.9 Å². The van der Waals surface area contributed by atoms with Crippen molar-refractivity contribution in [3.63, 3.8) is 0 Å². The van der Waals surface area contributed by atoms with Gasteiger partial charge in [0.25, 0.3) is 0 Å². The number of alkyl halides is 3. The molecule has 35 heavy (non-hydrogen) atoms. The van der Waals surface area contributed by atoms with E-state index < -0.39 is 11.9 Å². The number of carbonyl (C=O) groups excluding carboxylic acids is 1. The van der Waals surface area contributed by atoms with Crippen LogP contribution in [0.5, 0.6) is 0 Å². The van der Waals surface area contributed by atoms with Crippen molar-refractivity contribution in [2.75, 3.05) is 13.1 Å². The summed E-state index contributed by atoms with van der Waals surface area (Å²) >= 11 is 1.59. The van der Waals surface area contributed by atoms with Gasteiger partial charge in [-0.05, 0) is 37.5 Å². The number of likely N-dealkylation sites (tertiary alicyclic amines) is 1. The smallest absolute Gasteiger partial charge is 0.341 e. The van der Waals surface area contributed by atoms with E-state index in [1.54, 1.807) is 16.2 Å². The zero-order valence-electron chi connectivity index (χ0n) is 19.0. The number of aryl methyl sites for hydroxylation is 1. The number of nitrogens with one attached hydrogen (secondary N) is 1. The summed E-state index contributed by atoms with van der Waals surface area (Å²) in [6.45, 7) is 2.38. The number of hydrogen-bond donors (Lipinski definition) is 1. The monoisotopic (exact) mass is 503 g/mol. The van der Waals surface area contributed by atoms with Gasteiger partial charge < -0.3 is 4.90 Å². The molecule has 1 atom stereocenters. The van der Waals surface area contributed by atoms with E-state index in [0.29, 0.717) is 18.8 Å². The average molecular weight is 504 g/mol. The third kappa shape index (κ3) is 5.10. The molecule has 0 unspecified atom stereocenters. The number of nitrogens with zero attached hydrogens (tertiary/aromatic N) is 4. The molecular weight excluding hydrogens is 479 g/mol. The molecule has 0 radical (unpaired) electrons. The van der Waals surface area contributed by atoms with E-state index in [1.165, 1.54) is 6.92 Å². The Balaban J connectivity index is 1.17. The number of benzene rings is 1. The molecule has 0 saturated carbocycles. The van der Waals surface area contributed by atoms with Crippen LogP contribution in [0.2, 0.25) is 0 Å². The number of rotatable bonds is 5. The molecule has 2 aliphatic heterocycles. The molecular formula is C24H24F3N5O2S. The molecule has 0 aliphatic carbocycles. The molecule has 2 aliphatic rings. The van der Waals surface area contributed by atoms with Crippen LogP contribution >= 0.6 is 11.3 Å². The number of halogens is 3. The van der Waals surface area contributed by atoms with Gasteiger partial charge in [0.05, 0.1) is 16.4 Å². The lowest BCUT2D eigenvalue weighted by Gasteiger charge is -2.31. The number of amides is 1. The molecule has 1 aromatic carbocycles. The summed E-state index contributed by atoms with van der Waals surface area (Å²) in [6.07, 6.45) is -1.18. The van der Waals surface area contributed by atoms with E-state index in [4.69, 9.17) is 9.82 Å². The number of hydrogen-bond acceptors (Lipinski definition) is 6. The highest BCUT2D eigenvalue weighted by Crippen LogP contribution is 2.34. The molecule has 1 saturated heterocycles. The molecule has 0 spiro atoms. The zero-order valence-corrected chi connectivity index (χ0v) is 19.8. The highest BCUT2D eigenvalue weighted by molar-refractivity contribution is 7.09. The normalized spacial score (nSPS) is 19.0. The van der Waals surface area contributed by atoms with Crippen molar-refractivity contribution in [1.29, 1.82) is 0 Å². The fraction of sp³-hybridized carbons (Fsp3) is 0.375. The Morgan fingerprint density at radius 2 is 1.97 bits per heavy atom. The SMILES string of the molecule is Cc1cc(C(F)(F)F)nn1CC(=O)N1CCC(c2nc(C3=C[C@@H](c4ccccc4)ON3)cs2)CC1. The Morgan fingerprint density at radius 1 is 1.23 bits per heavy atom. The summed E-state index contributed by atoms with van der Waals surface area (Å²) < 4.78 is 39.8. The average Bonchev–Trinajstić information content (AvgIpc) is 3.60. The number of aromatic nitrogens is 3. The number of carbonyl (C=O) groups is 1. The minimum absolute atomic E-state index is 0.170. The minimum Gasteiger partial charge on any atom is -0.341 e. The van der Waals surface area contributed by atoms with Crippen LogP contribution in [0.1, 0.15) is 52.5 Å². The Bertz CT molecular complexity index is 1230. The summed E-state index contributed by atoms with van der Waals surface area (Å²) in [5, 5.41) is 6.57. The molecule has 7 nitrogen and oxygen atoms in total. The lowest BCUT2D eigenvalue weighted by Crippen LogP contribution is -2.40. The van der Waals surface area contributed by atoms with Crippen LogP contribution in [0.15, 0.2) is 47.9 Å². The zero-order chi connectivity index (χ0) is 24.6. The lowest BCUT2D eigenvalue weighted by molar-refractivity contribution is -0.142. The standard InChI is InChI=1S/C24H24F3N5O2S/c1-15-11-21(24(25,26)27)29-32(15)13-22(33)31-9-7-17(8-10-31)23-28-19(14-35-23)18-12-20(34-30-18)16-5-3-2-4-6-16/h2-6,11-12,14,17,20,30H,7-10,13H2,1H3/t20-/m0/s1. The molecule has 3 aromatic rings. The second-order valence-electron chi connectivity index (χ2n) is 8.68. The number of hydroxylamine groups is 1. The maximum absolute atomic E-state index is 12.9. The van der Waals surface area contributed by atoms with Crippen molar-refractivity contribution in [1.82, 2.24) is 25.1 Å². The van der Waals surface area contributed by atoms with Gasteiger partial charge in [-0.1, -0.05) is 30.3 Å². The van der Waals surface area contributed by atoms with E-state index in [1.807, 2.05) is 41.8 Å². The minimum atomic E-state index is -4.53. The first-order chi connectivity index (χ1) is 16.8. The van der Waals surface area contributed by atoms with Crippen molar-refractivity contribution in [2.45, 2.75) is 44.5 Å². The van der Waals surface area contributed by atoms with Crippen molar-refractivity contribution in [3.05, 3.63) is 75.5 Å². The quantitative estimate of drug-likeness (QED) is 0.547. The first-order valence-electron chi connectivity index (χ1n) is 11.3. The molecule has 184 valence electrons. The molecule has 2 aromatic heterocycles. The second-order valence-corrected chi connectivity index (χ2v) is 9.57. The van der Waals surface area contributed by atoms with Gasteiger partial charge in [0.1, 0.15) is 12.6 Å². The summed E-state index contributed by atoms with van der Waals surface area (Å²) in [6, 6.07) is 10.9.